The van der Waals surface area contributed by atoms with Gasteiger partial charge in [-0.25, -0.2) is 0 Å². The number of benzene rings is 1. The molecule has 4 heteroatoms. The Morgan fingerprint density at radius 3 is 2.95 bits per heavy atom. The Labute approximate surface area is 128 Å². The van der Waals surface area contributed by atoms with E-state index in [0.29, 0.717) is 13.2 Å². The van der Waals surface area contributed by atoms with Gasteiger partial charge in [0, 0.05) is 4.88 Å². The molecule has 1 aromatic heterocycles. The van der Waals surface area contributed by atoms with Crippen molar-refractivity contribution >= 4 is 22.9 Å². The van der Waals surface area contributed by atoms with Crippen molar-refractivity contribution in [2.75, 3.05) is 18.1 Å². The normalized spacial score (nSPS) is 16.9. The third-order valence-electron chi connectivity index (χ3n) is 4.18. The minimum absolute atomic E-state index is 0.116. The van der Waals surface area contributed by atoms with Gasteiger partial charge in [-0.1, -0.05) is 12.1 Å². The predicted octanol–water partition coefficient (Wildman–Crippen LogP) is 3.67. The molecule has 0 N–H and O–H groups in total. The summed E-state index contributed by atoms with van der Waals surface area (Å²) in [5, 5.41) is 0. The standard InChI is InChI=1S/C17H17NO2S/c19-17(16-11-12-5-1-4-8-15(12)21-16)18-9-10-20-14-7-3-2-6-13(14)18/h2-3,6-7,11H,1,4-5,8-10H2. The SMILES string of the molecule is O=C(c1cc2c(s1)CCCC2)N1CCOc2ccccc21. The third-order valence-corrected chi connectivity index (χ3v) is 5.41. The number of hydrogen-bond donors (Lipinski definition) is 0. The minimum atomic E-state index is 0.116. The summed E-state index contributed by atoms with van der Waals surface area (Å²) in [5.74, 6) is 0.920. The first kappa shape index (κ1) is 12.9. The predicted molar refractivity (Wildman–Crippen MR) is 84.6 cm³/mol. The molecule has 0 atom stereocenters. The Balaban J connectivity index is 1.68. The molecule has 1 aliphatic carbocycles. The second-order valence-electron chi connectivity index (χ2n) is 5.54. The van der Waals surface area contributed by atoms with E-state index in [1.165, 1.54) is 23.3 Å². The van der Waals surface area contributed by atoms with Crippen LogP contribution in [0.1, 0.15) is 33.0 Å². The molecule has 2 heterocycles. The maximum Gasteiger partial charge on any atom is 0.268 e. The van der Waals surface area contributed by atoms with E-state index >= 15 is 0 Å². The summed E-state index contributed by atoms with van der Waals surface area (Å²) >= 11 is 1.68. The monoisotopic (exact) mass is 299 g/mol. The van der Waals surface area contributed by atoms with E-state index in [1.807, 2.05) is 29.2 Å². The van der Waals surface area contributed by atoms with Gasteiger partial charge in [0.25, 0.3) is 5.91 Å². The summed E-state index contributed by atoms with van der Waals surface area (Å²) < 4.78 is 5.63. The Kier molecular flexibility index (Phi) is 3.19. The zero-order chi connectivity index (χ0) is 14.2. The van der Waals surface area contributed by atoms with E-state index in [-0.39, 0.29) is 5.91 Å². The van der Waals surface area contributed by atoms with Gasteiger partial charge in [-0.05, 0) is 49.4 Å². The maximum atomic E-state index is 12.9. The van der Waals surface area contributed by atoms with Crippen LogP contribution in [0.2, 0.25) is 0 Å². The van der Waals surface area contributed by atoms with Gasteiger partial charge >= 0.3 is 0 Å². The number of rotatable bonds is 1. The number of thiophene rings is 1. The summed E-state index contributed by atoms with van der Waals surface area (Å²) in [6.45, 7) is 1.19. The number of nitrogens with zero attached hydrogens (tertiary/aromatic N) is 1. The average Bonchev–Trinajstić information content (AvgIpc) is 2.97. The first-order valence-corrected chi connectivity index (χ1v) is 8.30. The van der Waals surface area contributed by atoms with Crippen LogP contribution in [0, 0.1) is 0 Å². The van der Waals surface area contributed by atoms with Crippen molar-refractivity contribution in [3.8, 4) is 5.75 Å². The van der Waals surface area contributed by atoms with E-state index in [4.69, 9.17) is 4.74 Å². The lowest BCUT2D eigenvalue weighted by molar-refractivity contribution is 0.0980. The summed E-state index contributed by atoms with van der Waals surface area (Å²) in [5.41, 5.74) is 2.27. The molecule has 1 aromatic carbocycles. The number of fused-ring (bicyclic) bond motifs is 2. The molecule has 4 rings (SSSR count). The van der Waals surface area contributed by atoms with Crippen molar-refractivity contribution in [2.24, 2.45) is 0 Å². The zero-order valence-electron chi connectivity index (χ0n) is 11.8. The Bertz CT molecular complexity index is 668. The van der Waals surface area contributed by atoms with Crippen LogP contribution in [0.3, 0.4) is 0 Å². The highest BCUT2D eigenvalue weighted by Crippen LogP contribution is 2.35. The van der Waals surface area contributed by atoms with E-state index < -0.39 is 0 Å². The van der Waals surface area contributed by atoms with Gasteiger partial charge in [-0.15, -0.1) is 11.3 Å². The fraction of sp³-hybridized carbons (Fsp3) is 0.353. The van der Waals surface area contributed by atoms with E-state index in [0.717, 1.165) is 29.2 Å². The molecule has 2 aromatic rings. The van der Waals surface area contributed by atoms with Crippen LogP contribution >= 0.6 is 11.3 Å². The van der Waals surface area contributed by atoms with Crippen molar-refractivity contribution in [3.63, 3.8) is 0 Å². The number of para-hydroxylation sites is 2. The van der Waals surface area contributed by atoms with Crippen LogP contribution in [0.25, 0.3) is 0 Å². The third kappa shape index (κ3) is 2.23. The van der Waals surface area contributed by atoms with E-state index in [2.05, 4.69) is 6.07 Å². The molecular weight excluding hydrogens is 282 g/mol. The highest BCUT2D eigenvalue weighted by molar-refractivity contribution is 7.14. The van der Waals surface area contributed by atoms with Gasteiger partial charge in [0.2, 0.25) is 0 Å². The van der Waals surface area contributed by atoms with Crippen LogP contribution in [0.5, 0.6) is 5.75 Å². The summed E-state index contributed by atoms with van der Waals surface area (Å²) in [6.07, 6.45) is 4.76. The highest BCUT2D eigenvalue weighted by Gasteiger charge is 2.26. The molecular formula is C17H17NO2S. The number of amides is 1. The van der Waals surface area contributed by atoms with Crippen LogP contribution in [0.4, 0.5) is 5.69 Å². The lowest BCUT2D eigenvalue weighted by Gasteiger charge is -2.29. The lowest BCUT2D eigenvalue weighted by Crippen LogP contribution is -2.37. The number of anilines is 1. The van der Waals surface area contributed by atoms with Gasteiger partial charge in [-0.2, -0.15) is 0 Å². The van der Waals surface area contributed by atoms with Gasteiger partial charge in [0.05, 0.1) is 17.1 Å². The lowest BCUT2D eigenvalue weighted by atomic mass is 9.99. The molecule has 0 saturated carbocycles. The van der Waals surface area contributed by atoms with Gasteiger partial charge < -0.3 is 9.64 Å². The fourth-order valence-electron chi connectivity index (χ4n) is 3.11. The topological polar surface area (TPSA) is 29.5 Å². The Morgan fingerprint density at radius 1 is 1.19 bits per heavy atom. The van der Waals surface area contributed by atoms with Crippen LogP contribution in [-0.2, 0) is 12.8 Å². The summed E-state index contributed by atoms with van der Waals surface area (Å²) in [4.78, 5) is 17.0. The molecule has 0 unspecified atom stereocenters. The van der Waals surface area contributed by atoms with Crippen molar-refractivity contribution < 1.29 is 9.53 Å². The molecule has 108 valence electrons. The summed E-state index contributed by atoms with van der Waals surface area (Å²) in [6, 6.07) is 9.89. The van der Waals surface area contributed by atoms with Crippen molar-refractivity contribution in [2.45, 2.75) is 25.7 Å². The maximum absolute atomic E-state index is 12.9. The summed E-state index contributed by atoms with van der Waals surface area (Å²) in [7, 11) is 0. The number of ether oxygens (including phenoxy) is 1. The van der Waals surface area contributed by atoms with Gasteiger partial charge in [0.15, 0.2) is 0 Å². The second kappa shape index (κ2) is 5.19. The molecule has 21 heavy (non-hydrogen) atoms. The molecule has 1 amide bonds. The largest absolute Gasteiger partial charge is 0.490 e. The van der Waals surface area contributed by atoms with Crippen LogP contribution < -0.4 is 9.64 Å². The molecule has 1 aliphatic heterocycles. The van der Waals surface area contributed by atoms with Crippen molar-refractivity contribution in [3.05, 3.63) is 45.6 Å². The van der Waals surface area contributed by atoms with Gasteiger partial charge in [-0.3, -0.25) is 4.79 Å². The van der Waals surface area contributed by atoms with Crippen LogP contribution in [-0.4, -0.2) is 19.1 Å². The minimum Gasteiger partial charge on any atom is -0.490 e. The van der Waals surface area contributed by atoms with Crippen molar-refractivity contribution in [1.29, 1.82) is 0 Å². The molecule has 0 bridgehead atoms. The van der Waals surface area contributed by atoms with Crippen molar-refractivity contribution in [1.82, 2.24) is 0 Å². The van der Waals surface area contributed by atoms with Crippen LogP contribution in [0.15, 0.2) is 30.3 Å². The van der Waals surface area contributed by atoms with Gasteiger partial charge in [0.1, 0.15) is 12.4 Å². The average molecular weight is 299 g/mol. The molecule has 0 saturated heterocycles. The van der Waals surface area contributed by atoms with E-state index in [1.54, 1.807) is 11.3 Å². The first-order chi connectivity index (χ1) is 10.3. The zero-order valence-corrected chi connectivity index (χ0v) is 12.6. The Morgan fingerprint density at radius 2 is 2.05 bits per heavy atom. The molecule has 0 fully saturated rings. The molecule has 0 spiro atoms. The number of carbonyl (C=O) groups is 1. The number of aryl methyl sites for hydroxylation is 2. The molecule has 2 aliphatic rings. The smallest absolute Gasteiger partial charge is 0.268 e. The molecule has 0 radical (unpaired) electrons. The Hall–Kier alpha value is -1.81. The van der Waals surface area contributed by atoms with E-state index in [9.17, 15) is 4.79 Å². The number of carbonyl (C=O) groups excluding carboxylic acids is 1. The molecule has 3 nitrogen and oxygen atoms in total. The second-order valence-corrected chi connectivity index (χ2v) is 6.68. The number of hydrogen-bond acceptors (Lipinski definition) is 3. The fourth-order valence-corrected chi connectivity index (χ4v) is 4.31. The first-order valence-electron chi connectivity index (χ1n) is 7.48. The highest BCUT2D eigenvalue weighted by atomic mass is 32.1. The quantitative estimate of drug-likeness (QED) is 0.804.